The predicted molar refractivity (Wildman–Crippen MR) is 175 cm³/mol. The Morgan fingerprint density at radius 3 is 2.29 bits per heavy atom. The van der Waals surface area contributed by atoms with Gasteiger partial charge < -0.3 is 14.4 Å². The van der Waals surface area contributed by atoms with Crippen LogP contribution < -0.4 is 5.19 Å². The van der Waals surface area contributed by atoms with E-state index < -0.39 is 8.07 Å². The number of aryl methyl sites for hydroxylation is 1. The molecule has 42 heavy (non-hydrogen) atoms. The van der Waals surface area contributed by atoms with Crippen molar-refractivity contribution in [2.75, 3.05) is 0 Å². The summed E-state index contributed by atoms with van der Waals surface area (Å²) in [6.45, 7) is 13.7. The van der Waals surface area contributed by atoms with Crippen LogP contribution in [0.3, 0.4) is 0 Å². The Labute approximate surface area is 264 Å². The minimum Gasteiger partial charge on any atom is -0.501 e. The van der Waals surface area contributed by atoms with E-state index in [1.54, 1.807) is 0 Å². The summed E-state index contributed by atoms with van der Waals surface area (Å²) in [5.74, 6) is 0.564. The van der Waals surface area contributed by atoms with Crippen LogP contribution in [0.2, 0.25) is 19.6 Å². The molecule has 0 N–H and O–H groups in total. The zero-order chi connectivity index (χ0) is 29.0. The molecule has 0 amide bonds. The molecule has 0 unspecified atom stereocenters. The normalized spacial score (nSPS) is 11.3. The third-order valence-corrected chi connectivity index (χ3v) is 9.66. The van der Waals surface area contributed by atoms with Crippen LogP contribution >= 0.6 is 0 Å². The molecule has 3 aromatic carbocycles. The van der Waals surface area contributed by atoms with Gasteiger partial charge in [0.2, 0.25) is 0 Å². The smallest absolute Gasteiger partial charge is 0.120 e. The third-order valence-electron chi connectivity index (χ3n) is 7.65. The molecule has 3 aromatic heterocycles. The van der Waals surface area contributed by atoms with Crippen LogP contribution in [0.1, 0.15) is 43.7 Å². The number of nitrogens with zero attached hydrogens (tertiary/aromatic N) is 2. The molecule has 0 saturated heterocycles. The summed E-state index contributed by atoms with van der Waals surface area (Å²) in [5.41, 5.74) is 8.34. The maximum atomic E-state index is 6.38. The molecule has 1 radical (unpaired) electrons. The molecule has 0 fully saturated rings. The molecular weight excluding hydrogens is 709 g/mol. The quantitative estimate of drug-likeness (QED) is 0.126. The second kappa shape index (κ2) is 13.7. The zero-order valence-corrected chi connectivity index (χ0v) is 28.7. The molecule has 3 nitrogen and oxygen atoms in total. The first kappa shape index (κ1) is 31.6. The van der Waals surface area contributed by atoms with Crippen LogP contribution in [0.15, 0.2) is 95.7 Å². The molecule has 0 aliphatic heterocycles. The number of fused-ring (bicyclic) bond motifs is 3. The van der Waals surface area contributed by atoms with E-state index in [0.29, 0.717) is 5.92 Å². The Hall–Kier alpha value is -3.37. The van der Waals surface area contributed by atoms with Gasteiger partial charge in [0.25, 0.3) is 0 Å². The fourth-order valence-electron chi connectivity index (χ4n) is 5.33. The van der Waals surface area contributed by atoms with E-state index in [1.165, 1.54) is 27.1 Å². The molecule has 5 heteroatoms. The van der Waals surface area contributed by atoms with Crippen LogP contribution in [-0.4, -0.2) is 18.0 Å². The molecule has 0 saturated carbocycles. The first-order chi connectivity index (χ1) is 19.8. The Balaban J connectivity index is 0.000000243. The summed E-state index contributed by atoms with van der Waals surface area (Å²) in [6, 6.07) is 33.5. The van der Waals surface area contributed by atoms with E-state index in [0.717, 1.165) is 46.5 Å². The van der Waals surface area contributed by atoms with E-state index in [9.17, 15) is 0 Å². The van der Waals surface area contributed by atoms with Crippen LogP contribution in [-0.2, 0) is 20.1 Å². The van der Waals surface area contributed by atoms with Gasteiger partial charge in [-0.1, -0.05) is 86.4 Å². The number of benzene rings is 3. The van der Waals surface area contributed by atoms with Gasteiger partial charge in [0.15, 0.2) is 0 Å². The Kier molecular flexibility index (Phi) is 10.3. The number of para-hydroxylation sites is 1. The van der Waals surface area contributed by atoms with E-state index in [1.807, 2.05) is 55.7 Å². The molecule has 0 aliphatic rings. The minimum atomic E-state index is -1.55. The maximum Gasteiger partial charge on any atom is 0.120 e. The van der Waals surface area contributed by atoms with E-state index in [4.69, 9.17) is 9.40 Å². The minimum absolute atomic E-state index is 0. The van der Waals surface area contributed by atoms with E-state index >= 15 is 0 Å². The Morgan fingerprint density at radius 2 is 1.62 bits per heavy atom. The van der Waals surface area contributed by atoms with Crippen molar-refractivity contribution in [2.24, 2.45) is 0 Å². The molecule has 0 atom stereocenters. The van der Waals surface area contributed by atoms with Gasteiger partial charge in [0.1, 0.15) is 5.58 Å². The van der Waals surface area contributed by atoms with Crippen molar-refractivity contribution >= 4 is 35.2 Å². The van der Waals surface area contributed by atoms with Gasteiger partial charge in [0.05, 0.1) is 5.58 Å². The third kappa shape index (κ3) is 6.81. The van der Waals surface area contributed by atoms with Crippen molar-refractivity contribution in [3.63, 3.8) is 0 Å². The summed E-state index contributed by atoms with van der Waals surface area (Å²) >= 11 is 0. The first-order valence-electron chi connectivity index (χ1n) is 14.5. The van der Waals surface area contributed by atoms with Gasteiger partial charge in [-0.25, -0.2) is 0 Å². The average molecular weight is 747 g/mol. The molecule has 0 aliphatic carbocycles. The molecule has 6 rings (SSSR count). The van der Waals surface area contributed by atoms with Gasteiger partial charge in [-0.15, -0.1) is 53.2 Å². The number of aromatic nitrogens is 2. The van der Waals surface area contributed by atoms with E-state index in [-0.39, 0.29) is 20.1 Å². The SMILES string of the molecule is CCC(CC)c1ccnc(-c2[c-]cc([Si](C)(C)C)c3c2oc2ccccc23)c1.Cc1ccc(-c2[c-]cccc2)nc1.[Ir]. The average Bonchev–Trinajstić information content (AvgIpc) is 3.38. The monoisotopic (exact) mass is 747 g/mol. The fourth-order valence-corrected chi connectivity index (χ4v) is 6.83. The second-order valence-electron chi connectivity index (χ2n) is 11.6. The molecule has 0 bridgehead atoms. The number of furan rings is 1. The fraction of sp³-hybridized carbons (Fsp3) is 0.243. The van der Waals surface area contributed by atoms with Gasteiger partial charge in [-0.05, 0) is 54.8 Å². The molecule has 6 aromatic rings. The molecule has 3 heterocycles. The van der Waals surface area contributed by atoms with Crippen LogP contribution in [0.5, 0.6) is 0 Å². The number of rotatable bonds is 6. The van der Waals surface area contributed by atoms with Crippen LogP contribution in [0.4, 0.5) is 0 Å². The van der Waals surface area contributed by atoms with Gasteiger partial charge in [-0.3, -0.25) is 0 Å². The number of hydrogen-bond donors (Lipinski definition) is 0. The zero-order valence-electron chi connectivity index (χ0n) is 25.3. The van der Waals surface area contributed by atoms with Crippen molar-refractivity contribution in [1.29, 1.82) is 0 Å². The maximum absolute atomic E-state index is 6.38. The van der Waals surface area contributed by atoms with Crippen LogP contribution in [0, 0.1) is 19.1 Å². The number of pyridine rings is 2. The van der Waals surface area contributed by atoms with E-state index in [2.05, 4.69) is 93.1 Å². The summed E-state index contributed by atoms with van der Waals surface area (Å²) in [7, 11) is -1.55. The van der Waals surface area contributed by atoms with Gasteiger partial charge >= 0.3 is 0 Å². The second-order valence-corrected chi connectivity index (χ2v) is 16.7. The van der Waals surface area contributed by atoms with Gasteiger partial charge in [0, 0.05) is 46.0 Å². The predicted octanol–water partition coefficient (Wildman–Crippen LogP) is 9.75. The summed E-state index contributed by atoms with van der Waals surface area (Å²) in [5, 5.41) is 3.84. The number of hydrogen-bond acceptors (Lipinski definition) is 3. The van der Waals surface area contributed by atoms with Crippen LogP contribution in [0.25, 0.3) is 44.5 Å². The summed E-state index contributed by atoms with van der Waals surface area (Å²) in [6.07, 6.45) is 6.07. The van der Waals surface area contributed by atoms with Crippen molar-refractivity contribution in [3.05, 3.63) is 115 Å². The Morgan fingerprint density at radius 1 is 0.857 bits per heavy atom. The van der Waals surface area contributed by atoms with Gasteiger partial charge in [-0.2, -0.15) is 0 Å². The molecule has 217 valence electrons. The summed E-state index contributed by atoms with van der Waals surface area (Å²) < 4.78 is 6.38. The van der Waals surface area contributed by atoms with Crippen molar-refractivity contribution < 1.29 is 24.5 Å². The first-order valence-corrected chi connectivity index (χ1v) is 18.0. The van der Waals surface area contributed by atoms with Crippen molar-refractivity contribution in [2.45, 2.75) is 59.2 Å². The topological polar surface area (TPSA) is 38.9 Å². The largest absolute Gasteiger partial charge is 0.501 e. The molecular formula is C37H38IrN2OSi-2. The summed E-state index contributed by atoms with van der Waals surface area (Å²) in [4.78, 5) is 9.01. The Bertz CT molecular complexity index is 1750. The molecule has 0 spiro atoms. The van der Waals surface area contributed by atoms with Crippen molar-refractivity contribution in [3.8, 4) is 22.5 Å². The van der Waals surface area contributed by atoms with Crippen molar-refractivity contribution in [1.82, 2.24) is 9.97 Å². The standard InChI is InChI=1S/C25H28NOSi.C12H10N.Ir/c1-6-17(7-2)18-14-15-26-21(16-18)19-12-13-23(28(3,4)5)24-20-10-8-9-11-22(20)27-25(19)24;1-10-7-8-12(13-9-10)11-5-3-2-4-6-11;/h8-11,13-17H,6-7H2,1-5H3;2-5,7-9H,1H3;/q2*-1;.